The highest BCUT2D eigenvalue weighted by atomic mass is 16.1. The zero-order valence-electron chi connectivity index (χ0n) is 10.7. The van der Waals surface area contributed by atoms with Crippen molar-refractivity contribution in [3.63, 3.8) is 0 Å². The second-order valence-corrected chi connectivity index (χ2v) is 5.43. The maximum atomic E-state index is 12.4. The molecule has 1 aliphatic rings. The molecule has 3 rings (SSSR count). The van der Waals surface area contributed by atoms with Gasteiger partial charge in [0, 0.05) is 17.4 Å². The summed E-state index contributed by atoms with van der Waals surface area (Å²) < 4.78 is 0. The summed E-state index contributed by atoms with van der Waals surface area (Å²) in [6, 6.07) is 16.3. The summed E-state index contributed by atoms with van der Waals surface area (Å²) in [5, 5.41) is 0. The summed E-state index contributed by atoms with van der Waals surface area (Å²) >= 11 is 0. The molecule has 90 valence electrons. The van der Waals surface area contributed by atoms with E-state index in [0.717, 1.165) is 16.7 Å². The van der Waals surface area contributed by atoms with Crippen LogP contribution >= 0.6 is 0 Å². The molecule has 0 radical (unpaired) electrons. The number of ketones is 1. The van der Waals surface area contributed by atoms with Crippen molar-refractivity contribution < 1.29 is 4.79 Å². The van der Waals surface area contributed by atoms with Crippen LogP contribution in [-0.2, 0) is 11.8 Å². The Bertz CT molecular complexity index is 623. The van der Waals surface area contributed by atoms with Gasteiger partial charge in [0.05, 0.1) is 0 Å². The third-order valence-electron chi connectivity index (χ3n) is 3.94. The number of fused-ring (bicyclic) bond motifs is 2. The van der Waals surface area contributed by atoms with E-state index in [9.17, 15) is 4.79 Å². The van der Waals surface area contributed by atoms with Gasteiger partial charge in [-0.25, -0.2) is 0 Å². The van der Waals surface area contributed by atoms with E-state index in [1.54, 1.807) is 0 Å². The van der Waals surface area contributed by atoms with E-state index in [1.165, 1.54) is 5.56 Å². The smallest absolute Gasteiger partial charge is 0.167 e. The number of rotatable bonds is 0. The highest BCUT2D eigenvalue weighted by Gasteiger charge is 2.32. The van der Waals surface area contributed by atoms with Crippen molar-refractivity contribution in [3.05, 3.63) is 70.8 Å². The van der Waals surface area contributed by atoms with Gasteiger partial charge < -0.3 is 0 Å². The van der Waals surface area contributed by atoms with E-state index in [0.29, 0.717) is 6.42 Å². The summed E-state index contributed by atoms with van der Waals surface area (Å²) in [5.74, 6) is 0.226. The standard InChI is InChI=1S/C17H16O/c1-17(2)14-9-5-3-7-12(14)11-16(18)13-8-4-6-10-15(13)17/h3-10H,11H2,1-2H3. The van der Waals surface area contributed by atoms with Crippen LogP contribution in [0.1, 0.15) is 40.9 Å². The SMILES string of the molecule is CC1(C)c2ccccc2CC(=O)c2ccccc21. The molecule has 1 aliphatic carbocycles. The highest BCUT2D eigenvalue weighted by Crippen LogP contribution is 2.38. The fourth-order valence-corrected chi connectivity index (χ4v) is 2.97. The second kappa shape index (κ2) is 3.81. The van der Waals surface area contributed by atoms with Crippen LogP contribution in [0.3, 0.4) is 0 Å². The van der Waals surface area contributed by atoms with Gasteiger partial charge in [-0.15, -0.1) is 0 Å². The molecule has 0 heterocycles. The van der Waals surface area contributed by atoms with Crippen LogP contribution in [0.25, 0.3) is 0 Å². The van der Waals surface area contributed by atoms with Crippen LogP contribution in [0.4, 0.5) is 0 Å². The molecule has 0 amide bonds. The Balaban J connectivity index is 2.34. The number of Topliss-reactive ketones (excluding diaryl/α,β-unsaturated/α-hetero) is 1. The van der Waals surface area contributed by atoms with Crippen molar-refractivity contribution in [2.45, 2.75) is 25.7 Å². The summed E-state index contributed by atoms with van der Waals surface area (Å²) in [7, 11) is 0. The largest absolute Gasteiger partial charge is 0.294 e. The van der Waals surface area contributed by atoms with E-state index in [2.05, 4.69) is 38.1 Å². The molecule has 0 aliphatic heterocycles. The number of hydrogen-bond donors (Lipinski definition) is 0. The zero-order valence-corrected chi connectivity index (χ0v) is 10.7. The minimum Gasteiger partial charge on any atom is -0.294 e. The molecular weight excluding hydrogens is 220 g/mol. The Morgan fingerprint density at radius 2 is 1.50 bits per heavy atom. The summed E-state index contributed by atoms with van der Waals surface area (Å²) in [5.41, 5.74) is 4.32. The first-order valence-corrected chi connectivity index (χ1v) is 6.32. The van der Waals surface area contributed by atoms with Crippen molar-refractivity contribution in [1.82, 2.24) is 0 Å². The Hall–Kier alpha value is -1.89. The molecule has 2 aromatic carbocycles. The van der Waals surface area contributed by atoms with Gasteiger partial charge in [0.1, 0.15) is 0 Å². The Labute approximate surface area is 107 Å². The average Bonchev–Trinajstić information content (AvgIpc) is 2.46. The number of hydrogen-bond acceptors (Lipinski definition) is 1. The molecule has 1 nitrogen and oxygen atoms in total. The van der Waals surface area contributed by atoms with Crippen LogP contribution in [-0.4, -0.2) is 5.78 Å². The molecule has 0 N–H and O–H groups in total. The first kappa shape index (κ1) is 11.2. The molecule has 0 saturated carbocycles. The molecule has 2 aromatic rings. The van der Waals surface area contributed by atoms with Gasteiger partial charge in [-0.2, -0.15) is 0 Å². The minimum atomic E-state index is -0.112. The lowest BCUT2D eigenvalue weighted by molar-refractivity contribution is 0.0993. The predicted molar refractivity (Wildman–Crippen MR) is 73.0 cm³/mol. The quantitative estimate of drug-likeness (QED) is 0.680. The van der Waals surface area contributed by atoms with Gasteiger partial charge in [-0.3, -0.25) is 4.79 Å². The van der Waals surface area contributed by atoms with E-state index in [4.69, 9.17) is 0 Å². The third-order valence-corrected chi connectivity index (χ3v) is 3.94. The summed E-state index contributed by atoms with van der Waals surface area (Å²) in [6.45, 7) is 4.40. The normalized spacial score (nSPS) is 16.7. The molecule has 0 aromatic heterocycles. The fourth-order valence-electron chi connectivity index (χ4n) is 2.97. The Morgan fingerprint density at radius 3 is 2.28 bits per heavy atom. The average molecular weight is 236 g/mol. The van der Waals surface area contributed by atoms with E-state index in [-0.39, 0.29) is 11.2 Å². The number of carbonyl (C=O) groups is 1. The molecule has 0 unspecified atom stereocenters. The van der Waals surface area contributed by atoms with Gasteiger partial charge in [0.15, 0.2) is 5.78 Å². The Morgan fingerprint density at radius 1 is 0.889 bits per heavy atom. The van der Waals surface area contributed by atoms with Gasteiger partial charge in [0.25, 0.3) is 0 Å². The van der Waals surface area contributed by atoms with Crippen molar-refractivity contribution >= 4 is 5.78 Å². The van der Waals surface area contributed by atoms with E-state index >= 15 is 0 Å². The summed E-state index contributed by atoms with van der Waals surface area (Å²) in [4.78, 5) is 12.4. The lowest BCUT2D eigenvalue weighted by Gasteiger charge is -2.27. The van der Waals surface area contributed by atoms with Gasteiger partial charge >= 0.3 is 0 Å². The van der Waals surface area contributed by atoms with Gasteiger partial charge in [-0.1, -0.05) is 62.4 Å². The van der Waals surface area contributed by atoms with Crippen LogP contribution in [0.2, 0.25) is 0 Å². The molecular formula is C17H16O. The first-order chi connectivity index (χ1) is 8.60. The van der Waals surface area contributed by atoms with Crippen LogP contribution in [0.5, 0.6) is 0 Å². The topological polar surface area (TPSA) is 17.1 Å². The predicted octanol–water partition coefficient (Wildman–Crippen LogP) is 3.75. The maximum absolute atomic E-state index is 12.4. The van der Waals surface area contributed by atoms with E-state index < -0.39 is 0 Å². The molecule has 18 heavy (non-hydrogen) atoms. The van der Waals surface area contributed by atoms with Crippen LogP contribution in [0.15, 0.2) is 48.5 Å². The van der Waals surface area contributed by atoms with Crippen molar-refractivity contribution in [1.29, 1.82) is 0 Å². The lowest BCUT2D eigenvalue weighted by Crippen LogP contribution is -2.20. The monoisotopic (exact) mass is 236 g/mol. The molecule has 0 bridgehead atoms. The van der Waals surface area contributed by atoms with Crippen molar-refractivity contribution in [2.24, 2.45) is 0 Å². The number of carbonyl (C=O) groups excluding carboxylic acids is 1. The second-order valence-electron chi connectivity index (χ2n) is 5.43. The van der Waals surface area contributed by atoms with Crippen molar-refractivity contribution in [2.75, 3.05) is 0 Å². The number of benzene rings is 2. The zero-order chi connectivity index (χ0) is 12.8. The highest BCUT2D eigenvalue weighted by molar-refractivity contribution is 6.00. The fraction of sp³-hybridized carbons (Fsp3) is 0.235. The maximum Gasteiger partial charge on any atom is 0.167 e. The Kier molecular flexibility index (Phi) is 2.37. The van der Waals surface area contributed by atoms with Crippen LogP contribution < -0.4 is 0 Å². The van der Waals surface area contributed by atoms with Crippen molar-refractivity contribution in [3.8, 4) is 0 Å². The summed E-state index contributed by atoms with van der Waals surface area (Å²) in [6.07, 6.45) is 0.511. The first-order valence-electron chi connectivity index (χ1n) is 6.32. The van der Waals surface area contributed by atoms with E-state index in [1.807, 2.05) is 24.3 Å². The molecule has 0 spiro atoms. The lowest BCUT2D eigenvalue weighted by atomic mass is 9.76. The molecule has 1 heteroatoms. The van der Waals surface area contributed by atoms with Gasteiger partial charge in [0.2, 0.25) is 0 Å². The third kappa shape index (κ3) is 1.51. The molecule has 0 atom stereocenters. The molecule has 0 fully saturated rings. The minimum absolute atomic E-state index is 0.112. The van der Waals surface area contributed by atoms with Gasteiger partial charge in [-0.05, 0) is 16.7 Å². The van der Waals surface area contributed by atoms with Crippen LogP contribution in [0, 0.1) is 0 Å². The molecule has 0 saturated heterocycles.